The van der Waals surface area contributed by atoms with Crippen molar-refractivity contribution in [3.63, 3.8) is 0 Å². The van der Waals surface area contributed by atoms with Crippen LogP contribution < -0.4 is 0 Å². The first kappa shape index (κ1) is 11.9. The Balaban J connectivity index is 2.53. The van der Waals surface area contributed by atoms with Crippen molar-refractivity contribution in [2.75, 3.05) is 0 Å². The molecule has 90 valence electrons. The molecule has 0 saturated carbocycles. The number of allylic oxidation sites excluding steroid dienone is 2. The molecule has 4 heteroatoms. The fourth-order valence-electron chi connectivity index (χ4n) is 1.92. The molecule has 0 aromatic heterocycles. The number of hydrogen-bond acceptors (Lipinski definition) is 1. The first-order valence-corrected chi connectivity index (χ1v) is 5.17. The number of benzene rings is 1. The Morgan fingerprint density at radius 3 is 2.41 bits per heavy atom. The molecule has 0 saturated heterocycles. The lowest BCUT2D eigenvalue weighted by Crippen LogP contribution is -2.27. The molecule has 1 aromatic rings. The van der Waals surface area contributed by atoms with Crippen LogP contribution in [0.2, 0.25) is 0 Å². The van der Waals surface area contributed by atoms with E-state index in [0.29, 0.717) is 0 Å². The zero-order valence-corrected chi connectivity index (χ0v) is 8.91. The van der Waals surface area contributed by atoms with E-state index in [1.165, 1.54) is 24.3 Å². The van der Waals surface area contributed by atoms with Gasteiger partial charge in [0.05, 0.1) is 5.56 Å². The molecule has 0 spiro atoms. The summed E-state index contributed by atoms with van der Waals surface area (Å²) in [6.45, 7) is 0. The molecule has 2 rings (SSSR count). The first-order chi connectivity index (χ1) is 7.93. The Bertz CT molecular complexity index is 474. The summed E-state index contributed by atoms with van der Waals surface area (Å²) in [4.78, 5) is 0. The maximum Gasteiger partial charge on any atom is 0.416 e. The van der Waals surface area contributed by atoms with E-state index in [4.69, 9.17) is 0 Å². The van der Waals surface area contributed by atoms with Crippen molar-refractivity contribution < 1.29 is 18.3 Å². The molecule has 0 bridgehead atoms. The minimum atomic E-state index is -4.46. The highest BCUT2D eigenvalue weighted by molar-refractivity contribution is 5.39. The van der Waals surface area contributed by atoms with Gasteiger partial charge in [0.15, 0.2) is 0 Å². The van der Waals surface area contributed by atoms with E-state index in [2.05, 4.69) is 0 Å². The van der Waals surface area contributed by atoms with E-state index < -0.39 is 17.3 Å². The molecule has 0 heterocycles. The normalized spacial score (nSPS) is 24.0. The summed E-state index contributed by atoms with van der Waals surface area (Å²) in [6.07, 6.45) is 1.98. The lowest BCUT2D eigenvalue weighted by molar-refractivity contribution is -0.140. The van der Waals surface area contributed by atoms with Gasteiger partial charge in [0.1, 0.15) is 5.60 Å². The van der Waals surface area contributed by atoms with Crippen molar-refractivity contribution in [1.82, 2.24) is 0 Å². The molecule has 1 N–H and O–H groups in total. The fraction of sp³-hybridized carbons (Fsp3) is 0.231. The molecule has 0 amide bonds. The molecule has 1 nitrogen and oxygen atoms in total. The molecular weight excluding hydrogens is 229 g/mol. The molecular formula is C13H11F3O. The van der Waals surface area contributed by atoms with Crippen molar-refractivity contribution in [1.29, 1.82) is 0 Å². The molecule has 1 aromatic carbocycles. The second-order valence-corrected chi connectivity index (χ2v) is 3.96. The van der Waals surface area contributed by atoms with Crippen LogP contribution in [0.25, 0.3) is 0 Å². The number of rotatable bonds is 1. The highest BCUT2D eigenvalue weighted by Crippen LogP contribution is 2.39. The summed E-state index contributed by atoms with van der Waals surface area (Å²) in [5, 5.41) is 10.2. The summed E-state index contributed by atoms with van der Waals surface area (Å²) < 4.78 is 38.5. The number of halogens is 3. The zero-order valence-electron chi connectivity index (χ0n) is 8.91. The SMILES string of the molecule is OC1(c2ccccc2C(F)(F)F)C=CC=CC1. The first-order valence-electron chi connectivity index (χ1n) is 5.17. The Labute approximate surface area is 96.9 Å². The Hall–Kier alpha value is -1.55. The van der Waals surface area contributed by atoms with E-state index >= 15 is 0 Å². The summed E-state index contributed by atoms with van der Waals surface area (Å²) in [6, 6.07) is 5.11. The predicted octanol–water partition coefficient (Wildman–Crippen LogP) is 3.41. The van der Waals surface area contributed by atoms with Crippen LogP contribution in [0, 0.1) is 0 Å². The number of alkyl halides is 3. The quantitative estimate of drug-likeness (QED) is 0.797. The zero-order chi connectivity index (χ0) is 12.5. The van der Waals surface area contributed by atoms with E-state index in [9.17, 15) is 18.3 Å². The van der Waals surface area contributed by atoms with Crippen molar-refractivity contribution in [3.8, 4) is 0 Å². The summed E-state index contributed by atoms with van der Waals surface area (Å²) in [5.41, 5.74) is -2.46. The molecule has 0 aliphatic heterocycles. The van der Waals surface area contributed by atoms with Gasteiger partial charge in [-0.3, -0.25) is 0 Å². The van der Waals surface area contributed by atoms with E-state index in [1.54, 1.807) is 18.2 Å². The smallest absolute Gasteiger partial charge is 0.381 e. The predicted molar refractivity (Wildman–Crippen MR) is 58.2 cm³/mol. The van der Waals surface area contributed by atoms with Crippen LogP contribution >= 0.6 is 0 Å². The number of hydrogen-bond donors (Lipinski definition) is 1. The van der Waals surface area contributed by atoms with E-state index in [1.807, 2.05) is 0 Å². The largest absolute Gasteiger partial charge is 0.416 e. The fourth-order valence-corrected chi connectivity index (χ4v) is 1.92. The van der Waals surface area contributed by atoms with Crippen LogP contribution in [0.1, 0.15) is 17.5 Å². The minimum absolute atomic E-state index is 0.104. The standard InChI is InChI=1S/C13H11F3O/c14-13(15,16)11-7-3-2-6-10(11)12(17)8-4-1-5-9-12/h1-8,17H,9H2. The summed E-state index contributed by atoms with van der Waals surface area (Å²) in [5.74, 6) is 0. The average Bonchev–Trinajstić information content (AvgIpc) is 2.29. The van der Waals surface area contributed by atoms with Gasteiger partial charge in [0, 0.05) is 6.42 Å². The van der Waals surface area contributed by atoms with Gasteiger partial charge in [-0.15, -0.1) is 0 Å². The molecule has 17 heavy (non-hydrogen) atoms. The van der Waals surface area contributed by atoms with Crippen LogP contribution in [0.4, 0.5) is 13.2 Å². The highest BCUT2D eigenvalue weighted by Gasteiger charge is 2.39. The van der Waals surface area contributed by atoms with Crippen LogP contribution in [-0.4, -0.2) is 5.11 Å². The lowest BCUT2D eigenvalue weighted by Gasteiger charge is -2.28. The van der Waals surface area contributed by atoms with Crippen LogP contribution in [0.5, 0.6) is 0 Å². The van der Waals surface area contributed by atoms with Crippen LogP contribution in [0.3, 0.4) is 0 Å². The lowest BCUT2D eigenvalue weighted by atomic mass is 9.84. The van der Waals surface area contributed by atoms with Gasteiger partial charge >= 0.3 is 6.18 Å². The molecule has 0 fully saturated rings. The maximum absolute atomic E-state index is 12.8. The highest BCUT2D eigenvalue weighted by atomic mass is 19.4. The second-order valence-electron chi connectivity index (χ2n) is 3.96. The van der Waals surface area contributed by atoms with Crippen molar-refractivity contribution in [2.45, 2.75) is 18.2 Å². The van der Waals surface area contributed by atoms with Crippen molar-refractivity contribution >= 4 is 0 Å². The summed E-state index contributed by atoms with van der Waals surface area (Å²) >= 11 is 0. The maximum atomic E-state index is 12.8. The molecule has 1 aliphatic rings. The van der Waals surface area contributed by atoms with E-state index in [-0.39, 0.29) is 12.0 Å². The van der Waals surface area contributed by atoms with E-state index in [0.717, 1.165) is 6.07 Å². The second kappa shape index (κ2) is 4.04. The Kier molecular flexibility index (Phi) is 2.83. The topological polar surface area (TPSA) is 20.2 Å². The van der Waals surface area contributed by atoms with Crippen molar-refractivity contribution in [2.24, 2.45) is 0 Å². The Morgan fingerprint density at radius 1 is 1.12 bits per heavy atom. The van der Waals surface area contributed by atoms with Gasteiger partial charge in [0.25, 0.3) is 0 Å². The summed E-state index contributed by atoms with van der Waals surface area (Å²) in [7, 11) is 0. The third kappa shape index (κ3) is 2.26. The van der Waals surface area contributed by atoms with Gasteiger partial charge < -0.3 is 5.11 Å². The van der Waals surface area contributed by atoms with Crippen LogP contribution in [0.15, 0.2) is 48.6 Å². The molecule has 1 unspecified atom stereocenters. The van der Waals surface area contributed by atoms with Gasteiger partial charge in [-0.2, -0.15) is 13.2 Å². The Morgan fingerprint density at radius 2 is 1.82 bits per heavy atom. The monoisotopic (exact) mass is 240 g/mol. The average molecular weight is 240 g/mol. The van der Waals surface area contributed by atoms with Gasteiger partial charge in [-0.1, -0.05) is 36.4 Å². The van der Waals surface area contributed by atoms with Crippen LogP contribution in [-0.2, 0) is 11.8 Å². The van der Waals surface area contributed by atoms with Gasteiger partial charge in [0.2, 0.25) is 0 Å². The van der Waals surface area contributed by atoms with Gasteiger partial charge in [-0.25, -0.2) is 0 Å². The molecule has 1 atom stereocenters. The molecule has 1 aliphatic carbocycles. The molecule has 0 radical (unpaired) electrons. The van der Waals surface area contributed by atoms with Crippen molar-refractivity contribution in [3.05, 3.63) is 59.7 Å². The number of aliphatic hydroxyl groups is 1. The third-order valence-corrected chi connectivity index (χ3v) is 2.75. The van der Waals surface area contributed by atoms with Gasteiger partial charge in [-0.05, 0) is 17.7 Å². The third-order valence-electron chi connectivity index (χ3n) is 2.75. The minimum Gasteiger partial charge on any atom is -0.381 e.